The predicted octanol–water partition coefficient (Wildman–Crippen LogP) is 9.12. The van der Waals surface area contributed by atoms with E-state index < -0.39 is 0 Å². The first-order valence-electron chi connectivity index (χ1n) is 12.3. The standard InChI is InChI=1S/C35H30/c1-2-8-28(7-1)13-14-31-15-17-32(18-16-31)21-24-35-26-33(22-19-29-9-3-4-10-29)25-34(27-35)23-20-30-11-5-6-12-30/h1-30H/b14-13+,22-19+,23-20+,24-21+. The molecule has 0 saturated heterocycles. The summed E-state index contributed by atoms with van der Waals surface area (Å²) in [5.41, 5.74) is 6.05. The SMILES string of the molecule is C1=CC(/C=C/c2ccc(/C=C/c3cc(/C=C/C4C=CC=C4)cc(/C=C/C4C=CC=C4)c3)cc2)C=C1. The van der Waals surface area contributed by atoms with Gasteiger partial charge in [-0.2, -0.15) is 0 Å². The topological polar surface area (TPSA) is 0 Å². The summed E-state index contributed by atoms with van der Waals surface area (Å²) in [4.78, 5) is 0. The lowest BCUT2D eigenvalue weighted by molar-refractivity contribution is 1.10. The lowest BCUT2D eigenvalue weighted by Gasteiger charge is -2.04. The fourth-order valence-corrected chi connectivity index (χ4v) is 4.30. The van der Waals surface area contributed by atoms with Gasteiger partial charge in [0.15, 0.2) is 0 Å². The highest BCUT2D eigenvalue weighted by Gasteiger charge is 2.02. The van der Waals surface area contributed by atoms with Gasteiger partial charge in [-0.05, 0) is 46.0 Å². The summed E-state index contributed by atoms with van der Waals surface area (Å²) in [7, 11) is 0. The normalized spacial score (nSPS) is 17.9. The molecule has 3 aliphatic rings. The van der Waals surface area contributed by atoms with E-state index in [1.165, 1.54) is 27.8 Å². The Balaban J connectivity index is 1.33. The van der Waals surface area contributed by atoms with Gasteiger partial charge in [0.1, 0.15) is 0 Å². The van der Waals surface area contributed by atoms with E-state index in [0.29, 0.717) is 17.8 Å². The van der Waals surface area contributed by atoms with Gasteiger partial charge in [-0.3, -0.25) is 0 Å². The van der Waals surface area contributed by atoms with Crippen LogP contribution in [0.4, 0.5) is 0 Å². The predicted molar refractivity (Wildman–Crippen MR) is 154 cm³/mol. The first-order valence-corrected chi connectivity index (χ1v) is 12.3. The van der Waals surface area contributed by atoms with Crippen molar-refractivity contribution in [2.24, 2.45) is 17.8 Å². The fraction of sp³-hybridized carbons (Fsp3) is 0.0857. The third kappa shape index (κ3) is 6.68. The van der Waals surface area contributed by atoms with E-state index in [9.17, 15) is 0 Å². The molecule has 0 aliphatic heterocycles. The van der Waals surface area contributed by atoms with Crippen molar-refractivity contribution in [1.82, 2.24) is 0 Å². The first-order chi connectivity index (χ1) is 17.3. The van der Waals surface area contributed by atoms with Crippen molar-refractivity contribution in [2.45, 2.75) is 0 Å². The van der Waals surface area contributed by atoms with E-state index in [2.05, 4.69) is 164 Å². The molecule has 0 atom stereocenters. The molecule has 2 aromatic rings. The van der Waals surface area contributed by atoms with E-state index in [0.717, 1.165) is 0 Å². The van der Waals surface area contributed by atoms with Crippen LogP contribution in [0.1, 0.15) is 27.8 Å². The second kappa shape index (κ2) is 11.3. The molecule has 0 saturated carbocycles. The van der Waals surface area contributed by atoms with Crippen LogP contribution in [0.2, 0.25) is 0 Å². The molecule has 170 valence electrons. The number of hydrogen-bond acceptors (Lipinski definition) is 0. The molecule has 0 bridgehead atoms. The van der Waals surface area contributed by atoms with Gasteiger partial charge in [-0.15, -0.1) is 0 Å². The van der Waals surface area contributed by atoms with E-state index in [4.69, 9.17) is 0 Å². The molecule has 0 heteroatoms. The van der Waals surface area contributed by atoms with Gasteiger partial charge >= 0.3 is 0 Å². The monoisotopic (exact) mass is 450 g/mol. The Morgan fingerprint density at radius 1 is 0.343 bits per heavy atom. The molecule has 3 aliphatic carbocycles. The molecule has 2 aromatic carbocycles. The first kappa shape index (κ1) is 22.6. The molecule has 0 fully saturated rings. The van der Waals surface area contributed by atoms with Crippen LogP contribution >= 0.6 is 0 Å². The van der Waals surface area contributed by atoms with Crippen LogP contribution in [0.15, 0.2) is 134 Å². The summed E-state index contributed by atoms with van der Waals surface area (Å²) in [6.07, 6.45) is 43.6. The lowest BCUT2D eigenvalue weighted by Crippen LogP contribution is -1.86. The van der Waals surface area contributed by atoms with Gasteiger partial charge in [-0.25, -0.2) is 0 Å². The van der Waals surface area contributed by atoms with Crippen molar-refractivity contribution in [3.05, 3.63) is 161 Å². The number of hydrogen-bond donors (Lipinski definition) is 0. The molecule has 5 rings (SSSR count). The van der Waals surface area contributed by atoms with E-state index in [1.54, 1.807) is 0 Å². The highest BCUT2D eigenvalue weighted by molar-refractivity contribution is 5.74. The number of benzene rings is 2. The Morgan fingerprint density at radius 3 is 1.03 bits per heavy atom. The number of rotatable bonds is 8. The largest absolute Gasteiger partial charge is 0.0738 e. The average Bonchev–Trinajstić information content (AvgIpc) is 3.69. The molecular weight excluding hydrogens is 420 g/mol. The van der Waals surface area contributed by atoms with Crippen molar-refractivity contribution in [1.29, 1.82) is 0 Å². The molecule has 0 aromatic heterocycles. The zero-order chi connectivity index (χ0) is 23.7. The average molecular weight is 451 g/mol. The van der Waals surface area contributed by atoms with Crippen LogP contribution in [-0.4, -0.2) is 0 Å². The van der Waals surface area contributed by atoms with Crippen molar-refractivity contribution >= 4 is 30.4 Å². The molecule has 0 N–H and O–H groups in total. The van der Waals surface area contributed by atoms with Crippen LogP contribution in [0.25, 0.3) is 30.4 Å². The second-order valence-corrected chi connectivity index (χ2v) is 9.05. The maximum Gasteiger partial charge on any atom is 0.0136 e. The van der Waals surface area contributed by atoms with Gasteiger partial charge in [0.05, 0.1) is 0 Å². The van der Waals surface area contributed by atoms with Gasteiger partial charge in [0.2, 0.25) is 0 Å². The highest BCUT2D eigenvalue weighted by atomic mass is 14.1. The maximum atomic E-state index is 2.25. The third-order valence-corrected chi connectivity index (χ3v) is 6.27. The van der Waals surface area contributed by atoms with Crippen LogP contribution in [0.3, 0.4) is 0 Å². The van der Waals surface area contributed by atoms with Crippen LogP contribution in [0.5, 0.6) is 0 Å². The van der Waals surface area contributed by atoms with Crippen LogP contribution < -0.4 is 0 Å². The Hall–Kier alpha value is -4.16. The van der Waals surface area contributed by atoms with E-state index in [1.807, 2.05) is 0 Å². The van der Waals surface area contributed by atoms with Crippen molar-refractivity contribution in [2.75, 3.05) is 0 Å². The van der Waals surface area contributed by atoms with Gasteiger partial charge in [0.25, 0.3) is 0 Å². The molecule has 0 radical (unpaired) electrons. The van der Waals surface area contributed by atoms with Gasteiger partial charge < -0.3 is 0 Å². The molecular formula is C35H30. The smallest absolute Gasteiger partial charge is 0.0136 e. The van der Waals surface area contributed by atoms with E-state index in [-0.39, 0.29) is 0 Å². The second-order valence-electron chi connectivity index (χ2n) is 9.05. The zero-order valence-electron chi connectivity index (χ0n) is 19.8. The van der Waals surface area contributed by atoms with Gasteiger partial charge in [-0.1, -0.05) is 146 Å². The minimum absolute atomic E-state index is 0.384. The number of allylic oxidation sites excluding steroid dienone is 15. The fourth-order valence-electron chi connectivity index (χ4n) is 4.30. The lowest BCUT2D eigenvalue weighted by atomic mass is 10.0. The molecule has 0 nitrogen and oxygen atoms in total. The van der Waals surface area contributed by atoms with Gasteiger partial charge in [0, 0.05) is 17.8 Å². The molecule has 0 spiro atoms. The Labute approximate surface area is 209 Å². The molecule has 35 heavy (non-hydrogen) atoms. The molecule has 0 unspecified atom stereocenters. The van der Waals surface area contributed by atoms with Crippen molar-refractivity contribution < 1.29 is 0 Å². The van der Waals surface area contributed by atoms with Crippen molar-refractivity contribution in [3.8, 4) is 0 Å². The van der Waals surface area contributed by atoms with Crippen LogP contribution in [-0.2, 0) is 0 Å². The summed E-state index contributed by atoms with van der Waals surface area (Å²) in [6, 6.07) is 15.5. The minimum atomic E-state index is 0.384. The zero-order valence-corrected chi connectivity index (χ0v) is 19.8. The Kier molecular flexibility index (Phi) is 7.31. The highest BCUT2D eigenvalue weighted by Crippen LogP contribution is 2.21. The Morgan fingerprint density at radius 2 is 0.629 bits per heavy atom. The maximum absolute atomic E-state index is 2.25. The Bertz CT molecular complexity index is 1230. The summed E-state index contributed by atoms with van der Waals surface area (Å²) in [5.74, 6) is 1.19. The summed E-state index contributed by atoms with van der Waals surface area (Å²) < 4.78 is 0. The molecule has 0 amide bonds. The van der Waals surface area contributed by atoms with E-state index >= 15 is 0 Å². The van der Waals surface area contributed by atoms with Crippen LogP contribution in [0, 0.1) is 17.8 Å². The summed E-state index contributed by atoms with van der Waals surface area (Å²) >= 11 is 0. The summed E-state index contributed by atoms with van der Waals surface area (Å²) in [6.45, 7) is 0. The third-order valence-electron chi connectivity index (χ3n) is 6.27. The quantitative estimate of drug-likeness (QED) is 0.352. The minimum Gasteiger partial charge on any atom is -0.0738 e. The van der Waals surface area contributed by atoms with Crippen molar-refractivity contribution in [3.63, 3.8) is 0 Å². The molecule has 0 heterocycles. The summed E-state index contributed by atoms with van der Waals surface area (Å²) in [5, 5.41) is 0.